The molecule has 0 unspecified atom stereocenters. The molecule has 6 heteroatoms. The molecule has 0 saturated heterocycles. The maximum atomic E-state index is 12.3. The quantitative estimate of drug-likeness (QED) is 0.875. The van der Waals surface area contributed by atoms with Gasteiger partial charge < -0.3 is 14.6 Å². The van der Waals surface area contributed by atoms with Gasteiger partial charge in [0.25, 0.3) is 0 Å². The van der Waals surface area contributed by atoms with Gasteiger partial charge >= 0.3 is 6.18 Å². The third kappa shape index (κ3) is 2.38. The van der Waals surface area contributed by atoms with E-state index in [0.29, 0.717) is 0 Å². The van der Waals surface area contributed by atoms with Crippen molar-refractivity contribution in [2.45, 2.75) is 12.3 Å². The van der Waals surface area contributed by atoms with Crippen LogP contribution in [0.3, 0.4) is 0 Å². The summed E-state index contributed by atoms with van der Waals surface area (Å²) in [4.78, 5) is 0. The number of benzene rings is 1. The monoisotopic (exact) mass is 236 g/mol. The molecule has 1 atom stereocenters. The molecule has 0 aliphatic rings. The number of para-hydroxylation sites is 1. The summed E-state index contributed by atoms with van der Waals surface area (Å²) in [5, 5.41) is 9.13. The summed E-state index contributed by atoms with van der Waals surface area (Å²) in [7, 11) is 2.52. The molecule has 0 radical (unpaired) electrons. The average Bonchev–Trinajstić information content (AvgIpc) is 2.25. The Kier molecular flexibility index (Phi) is 3.64. The van der Waals surface area contributed by atoms with Gasteiger partial charge in [0, 0.05) is 5.56 Å². The topological polar surface area (TPSA) is 38.7 Å². The zero-order chi connectivity index (χ0) is 12.3. The summed E-state index contributed by atoms with van der Waals surface area (Å²) >= 11 is 0. The largest absolute Gasteiger partial charge is 0.493 e. The fraction of sp³-hybridized carbons (Fsp3) is 0.400. The van der Waals surface area contributed by atoms with Crippen LogP contribution >= 0.6 is 0 Å². The highest BCUT2D eigenvalue weighted by Crippen LogP contribution is 2.41. The van der Waals surface area contributed by atoms with Crippen molar-refractivity contribution >= 4 is 0 Å². The average molecular weight is 236 g/mol. The molecule has 1 rings (SSSR count). The van der Waals surface area contributed by atoms with Crippen molar-refractivity contribution in [2.75, 3.05) is 14.2 Å². The predicted molar refractivity (Wildman–Crippen MR) is 50.6 cm³/mol. The number of aliphatic hydroxyl groups excluding tert-OH is 1. The van der Waals surface area contributed by atoms with E-state index in [1.807, 2.05) is 0 Å². The van der Waals surface area contributed by atoms with E-state index >= 15 is 0 Å². The number of rotatable bonds is 3. The Bertz CT molecular complexity index is 363. The van der Waals surface area contributed by atoms with Gasteiger partial charge in [0.15, 0.2) is 17.6 Å². The molecule has 1 N–H and O–H groups in total. The fourth-order valence-electron chi connectivity index (χ4n) is 1.30. The second-order valence-electron chi connectivity index (χ2n) is 3.03. The molecule has 0 bridgehead atoms. The molecule has 0 aliphatic carbocycles. The highest BCUT2D eigenvalue weighted by Gasteiger charge is 2.41. The van der Waals surface area contributed by atoms with E-state index in [2.05, 4.69) is 0 Å². The first-order chi connectivity index (χ1) is 7.41. The van der Waals surface area contributed by atoms with E-state index in [-0.39, 0.29) is 17.1 Å². The molecule has 1 aromatic rings. The Hall–Kier alpha value is -1.43. The van der Waals surface area contributed by atoms with Gasteiger partial charge in [-0.25, -0.2) is 0 Å². The lowest BCUT2D eigenvalue weighted by molar-refractivity contribution is -0.207. The van der Waals surface area contributed by atoms with Crippen LogP contribution in [-0.2, 0) is 0 Å². The van der Waals surface area contributed by atoms with Gasteiger partial charge in [-0.15, -0.1) is 0 Å². The minimum Gasteiger partial charge on any atom is -0.493 e. The van der Waals surface area contributed by atoms with Crippen LogP contribution in [0.1, 0.15) is 11.7 Å². The summed E-state index contributed by atoms with van der Waals surface area (Å²) in [6, 6.07) is 3.94. The summed E-state index contributed by atoms with van der Waals surface area (Å²) in [5.41, 5.74) is -0.366. The molecule has 0 fully saturated rings. The molecule has 0 aromatic heterocycles. The standard InChI is InChI=1S/C10H11F3O3/c1-15-7-5-3-4-6(8(7)16-2)9(14)10(11,12)13/h3-5,9,14H,1-2H3/t9-/m1/s1. The molecule has 3 nitrogen and oxygen atoms in total. The van der Waals surface area contributed by atoms with Crippen LogP contribution in [-0.4, -0.2) is 25.5 Å². The molecule has 0 heterocycles. The van der Waals surface area contributed by atoms with Gasteiger partial charge in [0.1, 0.15) is 0 Å². The van der Waals surface area contributed by atoms with Gasteiger partial charge in [0.2, 0.25) is 0 Å². The lowest BCUT2D eigenvalue weighted by atomic mass is 10.1. The predicted octanol–water partition coefficient (Wildman–Crippen LogP) is 2.30. The third-order valence-corrected chi connectivity index (χ3v) is 2.04. The highest BCUT2D eigenvalue weighted by molar-refractivity contribution is 5.47. The van der Waals surface area contributed by atoms with Gasteiger partial charge in [-0.3, -0.25) is 0 Å². The van der Waals surface area contributed by atoms with Crippen LogP contribution in [0.2, 0.25) is 0 Å². The fourth-order valence-corrected chi connectivity index (χ4v) is 1.30. The van der Waals surface area contributed by atoms with Crippen LogP contribution < -0.4 is 9.47 Å². The Balaban J connectivity index is 3.23. The second kappa shape index (κ2) is 4.61. The van der Waals surface area contributed by atoms with Crippen molar-refractivity contribution in [3.8, 4) is 11.5 Å². The maximum absolute atomic E-state index is 12.3. The smallest absolute Gasteiger partial charge is 0.418 e. The van der Waals surface area contributed by atoms with E-state index in [1.165, 1.54) is 26.4 Å². The minimum absolute atomic E-state index is 0.116. The number of alkyl halides is 3. The molecule has 0 aliphatic heterocycles. The number of aliphatic hydroxyl groups is 1. The molecule has 0 spiro atoms. The minimum atomic E-state index is -4.74. The van der Waals surface area contributed by atoms with Crippen molar-refractivity contribution in [2.24, 2.45) is 0 Å². The summed E-state index contributed by atoms with van der Waals surface area (Å²) < 4.78 is 46.7. The van der Waals surface area contributed by atoms with Crippen molar-refractivity contribution in [3.63, 3.8) is 0 Å². The van der Waals surface area contributed by atoms with Crippen LogP contribution in [0.25, 0.3) is 0 Å². The normalized spacial score (nSPS) is 13.4. The van der Waals surface area contributed by atoms with Crippen molar-refractivity contribution < 1.29 is 27.8 Å². The summed E-state index contributed by atoms with van der Waals surface area (Å²) in [6.45, 7) is 0. The Labute approximate surface area is 90.4 Å². The molecular weight excluding hydrogens is 225 g/mol. The van der Waals surface area contributed by atoms with Crippen LogP contribution in [0.5, 0.6) is 11.5 Å². The molecule has 1 aromatic carbocycles. The second-order valence-corrected chi connectivity index (χ2v) is 3.03. The van der Waals surface area contributed by atoms with Gasteiger partial charge in [-0.05, 0) is 6.07 Å². The molecule has 90 valence electrons. The number of halogens is 3. The summed E-state index contributed by atoms with van der Waals surface area (Å²) in [6.07, 6.45) is -7.32. The first-order valence-electron chi connectivity index (χ1n) is 4.37. The SMILES string of the molecule is COc1cccc([C@@H](O)C(F)(F)F)c1OC. The number of methoxy groups -OCH3 is 2. The van der Waals surface area contributed by atoms with Crippen molar-refractivity contribution in [1.82, 2.24) is 0 Å². The van der Waals surface area contributed by atoms with E-state index < -0.39 is 12.3 Å². The zero-order valence-corrected chi connectivity index (χ0v) is 8.71. The lowest BCUT2D eigenvalue weighted by Crippen LogP contribution is -2.20. The van der Waals surface area contributed by atoms with Crippen LogP contribution in [0, 0.1) is 0 Å². The Morgan fingerprint density at radius 1 is 1.19 bits per heavy atom. The van der Waals surface area contributed by atoms with Gasteiger partial charge in [-0.1, -0.05) is 12.1 Å². The van der Waals surface area contributed by atoms with Gasteiger partial charge in [0.05, 0.1) is 14.2 Å². The molecular formula is C10H11F3O3. The highest BCUT2D eigenvalue weighted by atomic mass is 19.4. The van der Waals surface area contributed by atoms with E-state index in [1.54, 1.807) is 0 Å². The Morgan fingerprint density at radius 2 is 1.81 bits per heavy atom. The van der Waals surface area contributed by atoms with E-state index in [9.17, 15) is 13.2 Å². The number of hydrogen-bond acceptors (Lipinski definition) is 3. The number of ether oxygens (including phenoxy) is 2. The molecule has 0 amide bonds. The lowest BCUT2D eigenvalue weighted by Gasteiger charge is -2.18. The first kappa shape index (κ1) is 12.6. The van der Waals surface area contributed by atoms with E-state index in [4.69, 9.17) is 14.6 Å². The van der Waals surface area contributed by atoms with Crippen molar-refractivity contribution in [1.29, 1.82) is 0 Å². The summed E-state index contributed by atoms with van der Waals surface area (Å²) in [5.74, 6) is 0.0260. The first-order valence-corrected chi connectivity index (χ1v) is 4.37. The maximum Gasteiger partial charge on any atom is 0.418 e. The third-order valence-electron chi connectivity index (χ3n) is 2.04. The zero-order valence-electron chi connectivity index (χ0n) is 8.71. The van der Waals surface area contributed by atoms with Crippen molar-refractivity contribution in [3.05, 3.63) is 23.8 Å². The van der Waals surface area contributed by atoms with Crippen LogP contribution in [0.15, 0.2) is 18.2 Å². The Morgan fingerprint density at radius 3 is 2.25 bits per heavy atom. The van der Waals surface area contributed by atoms with E-state index in [0.717, 1.165) is 6.07 Å². The molecule has 16 heavy (non-hydrogen) atoms. The molecule has 0 saturated carbocycles. The number of hydrogen-bond donors (Lipinski definition) is 1. The van der Waals surface area contributed by atoms with Crippen LogP contribution in [0.4, 0.5) is 13.2 Å². The van der Waals surface area contributed by atoms with Gasteiger partial charge in [-0.2, -0.15) is 13.2 Å².